The molecule has 98 valence electrons. The van der Waals surface area contributed by atoms with Crippen molar-refractivity contribution in [2.75, 3.05) is 4.90 Å². The Morgan fingerprint density at radius 1 is 1.16 bits per heavy atom. The minimum absolute atomic E-state index is 0.0394. The predicted octanol–water partition coefficient (Wildman–Crippen LogP) is 0.144. The van der Waals surface area contributed by atoms with Crippen molar-refractivity contribution in [3.05, 3.63) is 40.8 Å². The summed E-state index contributed by atoms with van der Waals surface area (Å²) in [5.74, 6) is -2.13. The largest absolute Gasteiger partial charge is 0.300 e. The molecule has 0 aliphatic carbocycles. The number of hydrogen-bond acceptors (Lipinski definition) is 5. The van der Waals surface area contributed by atoms with Crippen LogP contribution in [0.2, 0.25) is 0 Å². The molecule has 2 rings (SSSR count). The highest BCUT2D eigenvalue weighted by atomic mass is 32.2. The number of rotatable bonds is 3. The molecule has 0 atom stereocenters. The molecular formula is C11H7NO6S. The van der Waals surface area contributed by atoms with Crippen molar-refractivity contribution < 1.29 is 27.4 Å². The van der Waals surface area contributed by atoms with Gasteiger partial charge in [-0.2, -0.15) is 8.42 Å². The molecule has 1 aromatic carbocycles. The fourth-order valence-corrected chi connectivity index (χ4v) is 2.21. The monoisotopic (exact) mass is 281 g/mol. The quantitative estimate of drug-likeness (QED) is 0.479. The van der Waals surface area contributed by atoms with Gasteiger partial charge in [0.2, 0.25) is 0 Å². The van der Waals surface area contributed by atoms with Crippen LogP contribution in [0.1, 0.15) is 10.4 Å². The van der Waals surface area contributed by atoms with Gasteiger partial charge in [-0.3, -0.25) is 18.9 Å². The van der Waals surface area contributed by atoms with Crippen molar-refractivity contribution in [1.82, 2.24) is 0 Å². The Bertz CT molecular complexity index is 718. The van der Waals surface area contributed by atoms with E-state index in [0.29, 0.717) is 17.3 Å². The molecule has 0 spiro atoms. The van der Waals surface area contributed by atoms with Crippen LogP contribution in [0.5, 0.6) is 0 Å². The van der Waals surface area contributed by atoms with Gasteiger partial charge in [0.1, 0.15) is 0 Å². The van der Waals surface area contributed by atoms with E-state index in [-0.39, 0.29) is 11.3 Å². The van der Waals surface area contributed by atoms with E-state index in [1.54, 1.807) is 0 Å². The highest BCUT2D eigenvalue weighted by Gasteiger charge is 2.39. The third-order valence-corrected chi connectivity index (χ3v) is 3.32. The van der Waals surface area contributed by atoms with E-state index in [4.69, 9.17) is 4.55 Å². The van der Waals surface area contributed by atoms with Crippen LogP contribution in [0, 0.1) is 0 Å². The Morgan fingerprint density at radius 2 is 1.79 bits per heavy atom. The molecule has 0 unspecified atom stereocenters. The van der Waals surface area contributed by atoms with E-state index in [2.05, 4.69) is 0 Å². The average molecular weight is 281 g/mol. The van der Waals surface area contributed by atoms with Crippen LogP contribution in [0.3, 0.4) is 0 Å². The molecule has 0 saturated heterocycles. The number of para-hydroxylation sites is 1. The summed E-state index contributed by atoms with van der Waals surface area (Å²) in [4.78, 5) is 33.8. The smallest absolute Gasteiger partial charge is 0.298 e. The number of aldehydes is 1. The second-order valence-electron chi connectivity index (χ2n) is 3.64. The number of anilines is 1. The van der Waals surface area contributed by atoms with Crippen LogP contribution in [-0.4, -0.2) is 31.1 Å². The van der Waals surface area contributed by atoms with E-state index >= 15 is 0 Å². The van der Waals surface area contributed by atoms with Gasteiger partial charge in [-0.25, -0.2) is 4.90 Å². The highest BCUT2D eigenvalue weighted by molar-refractivity contribution is 7.91. The van der Waals surface area contributed by atoms with Gasteiger partial charge in [0.15, 0.2) is 11.2 Å². The summed E-state index contributed by atoms with van der Waals surface area (Å²) in [5.41, 5.74) is 0.0107. The van der Waals surface area contributed by atoms with Crippen molar-refractivity contribution in [3.63, 3.8) is 0 Å². The fourth-order valence-electron chi connectivity index (χ4n) is 1.65. The van der Waals surface area contributed by atoms with Gasteiger partial charge >= 0.3 is 0 Å². The zero-order valence-corrected chi connectivity index (χ0v) is 10.1. The van der Waals surface area contributed by atoms with Crippen molar-refractivity contribution in [2.45, 2.75) is 0 Å². The number of hydrogen-bond donors (Lipinski definition) is 1. The Kier molecular flexibility index (Phi) is 3.05. The fraction of sp³-hybridized carbons (Fsp3) is 0. The van der Waals surface area contributed by atoms with E-state index in [1.165, 1.54) is 24.3 Å². The van der Waals surface area contributed by atoms with Gasteiger partial charge in [-0.05, 0) is 12.1 Å². The summed E-state index contributed by atoms with van der Waals surface area (Å²) in [6.45, 7) is 0. The van der Waals surface area contributed by atoms with E-state index in [9.17, 15) is 22.8 Å². The number of imide groups is 1. The normalized spacial score (nSPS) is 15.6. The molecule has 2 amide bonds. The van der Waals surface area contributed by atoms with Gasteiger partial charge in [0.05, 0.1) is 5.69 Å². The molecule has 0 fully saturated rings. The molecule has 1 aliphatic heterocycles. The van der Waals surface area contributed by atoms with Crippen LogP contribution in [0.4, 0.5) is 5.69 Å². The SMILES string of the molecule is O=Cc1ccccc1N1C(=O)C=C(S(=O)(=O)O)C1=O. The Hall–Kier alpha value is -2.32. The second kappa shape index (κ2) is 4.41. The summed E-state index contributed by atoms with van der Waals surface area (Å²) in [6, 6.07) is 5.69. The summed E-state index contributed by atoms with van der Waals surface area (Å²) >= 11 is 0. The van der Waals surface area contributed by atoms with Gasteiger partial charge in [-0.1, -0.05) is 12.1 Å². The summed E-state index contributed by atoms with van der Waals surface area (Å²) in [7, 11) is -4.78. The number of carbonyl (C=O) groups excluding carboxylic acids is 3. The first-order chi connectivity index (χ1) is 8.86. The molecule has 1 aromatic rings. The van der Waals surface area contributed by atoms with Gasteiger partial charge in [0, 0.05) is 11.6 Å². The summed E-state index contributed by atoms with van der Waals surface area (Å²) in [6.07, 6.45) is 0.945. The number of nitrogens with zero attached hydrogens (tertiary/aromatic N) is 1. The minimum Gasteiger partial charge on any atom is -0.298 e. The highest BCUT2D eigenvalue weighted by Crippen LogP contribution is 2.26. The molecule has 8 heteroatoms. The van der Waals surface area contributed by atoms with Crippen LogP contribution < -0.4 is 4.90 Å². The van der Waals surface area contributed by atoms with Gasteiger partial charge in [0.25, 0.3) is 21.9 Å². The predicted molar refractivity (Wildman–Crippen MR) is 64.0 cm³/mol. The molecule has 0 bridgehead atoms. The third-order valence-electron chi connectivity index (χ3n) is 2.47. The van der Waals surface area contributed by atoms with Crippen LogP contribution >= 0.6 is 0 Å². The standard InChI is InChI=1S/C11H7NO6S/c13-6-7-3-1-2-4-8(7)12-10(14)5-9(11(12)15)19(16,17)18/h1-6H,(H,16,17,18). The maximum Gasteiger partial charge on any atom is 0.300 e. The molecule has 7 nitrogen and oxygen atoms in total. The Morgan fingerprint density at radius 3 is 2.32 bits per heavy atom. The lowest BCUT2D eigenvalue weighted by Crippen LogP contribution is -2.32. The third kappa shape index (κ3) is 2.18. The molecule has 1 heterocycles. The summed E-state index contributed by atoms with van der Waals surface area (Å²) < 4.78 is 30.7. The lowest BCUT2D eigenvalue weighted by atomic mass is 10.2. The van der Waals surface area contributed by atoms with E-state index in [0.717, 1.165) is 0 Å². The molecule has 19 heavy (non-hydrogen) atoms. The van der Waals surface area contributed by atoms with Crippen molar-refractivity contribution in [2.24, 2.45) is 0 Å². The first-order valence-electron chi connectivity index (χ1n) is 4.98. The summed E-state index contributed by atoms with van der Waals surface area (Å²) in [5, 5.41) is 0. The van der Waals surface area contributed by atoms with Gasteiger partial charge in [-0.15, -0.1) is 0 Å². The molecule has 1 N–H and O–H groups in total. The van der Waals surface area contributed by atoms with Crippen LogP contribution in [0.15, 0.2) is 35.2 Å². The molecule has 1 aliphatic rings. The van der Waals surface area contributed by atoms with Crippen molar-refractivity contribution >= 4 is 33.9 Å². The van der Waals surface area contributed by atoms with Crippen molar-refractivity contribution in [3.8, 4) is 0 Å². The first-order valence-corrected chi connectivity index (χ1v) is 6.42. The van der Waals surface area contributed by atoms with Crippen molar-refractivity contribution in [1.29, 1.82) is 0 Å². The molecule has 0 aromatic heterocycles. The lowest BCUT2D eigenvalue weighted by molar-refractivity contribution is -0.120. The van der Waals surface area contributed by atoms with E-state index < -0.39 is 26.8 Å². The number of carbonyl (C=O) groups is 3. The first kappa shape index (κ1) is 13.1. The zero-order valence-electron chi connectivity index (χ0n) is 9.31. The van der Waals surface area contributed by atoms with Gasteiger partial charge < -0.3 is 0 Å². The Balaban J connectivity index is 2.54. The zero-order chi connectivity index (χ0) is 14.2. The number of amides is 2. The second-order valence-corrected chi connectivity index (χ2v) is 5.03. The molecule has 0 radical (unpaired) electrons. The molecular weight excluding hydrogens is 274 g/mol. The minimum atomic E-state index is -4.78. The Labute approximate surface area is 107 Å². The maximum atomic E-state index is 11.8. The lowest BCUT2D eigenvalue weighted by Gasteiger charge is -2.15. The molecule has 0 saturated carbocycles. The maximum absolute atomic E-state index is 11.8. The van der Waals surface area contributed by atoms with E-state index in [1.807, 2.05) is 0 Å². The van der Waals surface area contributed by atoms with Crippen LogP contribution in [0.25, 0.3) is 0 Å². The number of benzene rings is 1. The topological polar surface area (TPSA) is 109 Å². The average Bonchev–Trinajstić information content (AvgIpc) is 2.64. The van der Waals surface area contributed by atoms with Crippen LogP contribution in [-0.2, 0) is 19.7 Å².